The van der Waals surface area contributed by atoms with E-state index in [2.05, 4.69) is 0 Å². The minimum atomic E-state index is -0.712. The van der Waals surface area contributed by atoms with Gasteiger partial charge in [-0.1, -0.05) is 0 Å². The second-order valence-electron chi connectivity index (χ2n) is 6.67. The van der Waals surface area contributed by atoms with Gasteiger partial charge in [-0.2, -0.15) is 5.01 Å². The third kappa shape index (κ3) is 2.16. The van der Waals surface area contributed by atoms with E-state index in [1.165, 1.54) is 6.20 Å². The van der Waals surface area contributed by atoms with Crippen molar-refractivity contribution in [1.29, 1.82) is 0 Å². The van der Waals surface area contributed by atoms with Crippen LogP contribution in [0.25, 0.3) is 0 Å². The lowest BCUT2D eigenvalue weighted by atomic mass is 9.76. The van der Waals surface area contributed by atoms with E-state index < -0.39 is 18.3 Å². The molecule has 0 aromatic rings. The first kappa shape index (κ1) is 14.8. The predicted molar refractivity (Wildman–Crippen MR) is 79.0 cm³/mol. The highest BCUT2D eigenvalue weighted by Crippen LogP contribution is 2.41. The Morgan fingerprint density at radius 2 is 1.81 bits per heavy atom. The summed E-state index contributed by atoms with van der Waals surface area (Å²) in [4.78, 5) is 0. The molecule has 1 atom stereocenters. The Morgan fingerprint density at radius 3 is 2.38 bits per heavy atom. The van der Waals surface area contributed by atoms with Gasteiger partial charge in [0.05, 0.1) is 29.3 Å². The van der Waals surface area contributed by atoms with Crippen molar-refractivity contribution in [2.24, 2.45) is 5.73 Å². The van der Waals surface area contributed by atoms with Crippen molar-refractivity contribution < 1.29 is 13.7 Å². The van der Waals surface area contributed by atoms with Gasteiger partial charge < -0.3 is 15.0 Å². The van der Waals surface area contributed by atoms with Gasteiger partial charge >= 0.3 is 7.12 Å². The highest BCUT2D eigenvalue weighted by Gasteiger charge is 2.53. The van der Waals surface area contributed by atoms with Crippen LogP contribution in [0.3, 0.4) is 0 Å². The van der Waals surface area contributed by atoms with Crippen LogP contribution in [-0.4, -0.2) is 41.6 Å². The third-order valence-electron chi connectivity index (χ3n) is 4.70. The van der Waals surface area contributed by atoms with Crippen molar-refractivity contribution in [2.45, 2.75) is 45.1 Å². The van der Waals surface area contributed by atoms with Crippen LogP contribution >= 0.6 is 0 Å². The van der Waals surface area contributed by atoms with E-state index in [0.29, 0.717) is 5.47 Å². The molecule has 114 valence electrons. The average molecular weight is 293 g/mol. The fourth-order valence-corrected chi connectivity index (χ4v) is 2.53. The molecule has 0 aromatic carbocycles. The summed E-state index contributed by atoms with van der Waals surface area (Å²) in [6, 6.07) is 0. The minimum Gasteiger partial charge on any atom is -0.399 e. The number of hydrogen-bond donors (Lipinski definition) is 1. The van der Waals surface area contributed by atoms with Crippen molar-refractivity contribution in [2.75, 3.05) is 7.05 Å². The van der Waals surface area contributed by atoms with Crippen LogP contribution in [0.5, 0.6) is 0 Å². The predicted octanol–water partition coefficient (Wildman–Crippen LogP) is 1.70. The summed E-state index contributed by atoms with van der Waals surface area (Å²) < 4.78 is 26.3. The number of rotatable bonds is 1. The molecule has 0 aromatic heterocycles. The first-order valence-corrected chi connectivity index (χ1v) is 7.07. The van der Waals surface area contributed by atoms with E-state index in [9.17, 15) is 4.39 Å². The molecule has 7 heteroatoms. The molecule has 1 fully saturated rings. The Kier molecular flexibility index (Phi) is 3.11. The summed E-state index contributed by atoms with van der Waals surface area (Å²) in [6.45, 7) is 7.79. The number of halogens is 1. The van der Waals surface area contributed by atoms with Crippen LogP contribution in [0, 0.1) is 0 Å². The van der Waals surface area contributed by atoms with Crippen molar-refractivity contribution in [1.82, 2.24) is 10.0 Å². The molecule has 3 aliphatic rings. The van der Waals surface area contributed by atoms with Crippen LogP contribution in [0.15, 0.2) is 35.3 Å². The van der Waals surface area contributed by atoms with Crippen molar-refractivity contribution in [3.05, 3.63) is 35.3 Å². The SMILES string of the molecule is CN1C(N)C=C2C=C(B3OC(C)(C)C(C)(C)O3)C(F)=CN21. The van der Waals surface area contributed by atoms with Gasteiger partial charge in [0, 0.05) is 12.5 Å². The van der Waals surface area contributed by atoms with Crippen molar-refractivity contribution in [3.63, 3.8) is 0 Å². The van der Waals surface area contributed by atoms with E-state index in [1.807, 2.05) is 40.8 Å². The first-order chi connectivity index (χ1) is 9.62. The van der Waals surface area contributed by atoms with Gasteiger partial charge in [-0.25, -0.2) is 4.39 Å². The van der Waals surface area contributed by atoms with E-state index in [-0.39, 0.29) is 12.0 Å². The first-order valence-electron chi connectivity index (χ1n) is 7.07. The molecule has 1 saturated heterocycles. The maximum atomic E-state index is 14.4. The standard InChI is InChI=1S/C14H21BFN3O2/c1-13(2)14(3,4)21-15(20-13)10-6-9-7-12(17)18(5)19(9)8-11(10)16/h6-8,12H,17H2,1-5H3. The normalized spacial score (nSPS) is 31.0. The lowest BCUT2D eigenvalue weighted by Crippen LogP contribution is -2.41. The molecule has 0 saturated carbocycles. The third-order valence-corrected chi connectivity index (χ3v) is 4.70. The molecule has 0 amide bonds. The summed E-state index contributed by atoms with van der Waals surface area (Å²) >= 11 is 0. The molecule has 21 heavy (non-hydrogen) atoms. The molecule has 1 unspecified atom stereocenters. The van der Waals surface area contributed by atoms with Crippen LogP contribution in [0.1, 0.15) is 27.7 Å². The van der Waals surface area contributed by atoms with Crippen LogP contribution in [0.2, 0.25) is 0 Å². The Morgan fingerprint density at radius 1 is 1.24 bits per heavy atom. The fourth-order valence-electron chi connectivity index (χ4n) is 2.53. The number of fused-ring (bicyclic) bond motifs is 1. The molecular formula is C14H21BFN3O2. The van der Waals surface area contributed by atoms with Crippen LogP contribution in [-0.2, 0) is 9.31 Å². The van der Waals surface area contributed by atoms with E-state index in [4.69, 9.17) is 15.0 Å². The number of hydrogen-bond acceptors (Lipinski definition) is 5. The fraction of sp³-hybridized carbons (Fsp3) is 0.571. The maximum Gasteiger partial charge on any atom is 0.497 e. The zero-order valence-electron chi connectivity index (χ0n) is 13.1. The van der Waals surface area contributed by atoms with Gasteiger partial charge in [0.25, 0.3) is 0 Å². The summed E-state index contributed by atoms with van der Waals surface area (Å²) in [6.07, 6.45) is 4.76. The summed E-state index contributed by atoms with van der Waals surface area (Å²) in [5.74, 6) is -0.369. The minimum absolute atomic E-state index is 0.266. The largest absolute Gasteiger partial charge is 0.497 e. The molecular weight excluding hydrogens is 272 g/mol. The van der Waals surface area contributed by atoms with Gasteiger partial charge in [-0.3, -0.25) is 5.01 Å². The Balaban J connectivity index is 1.91. The second kappa shape index (κ2) is 4.43. The zero-order chi connectivity index (χ0) is 15.6. The van der Waals surface area contributed by atoms with Gasteiger partial charge in [0.15, 0.2) is 0 Å². The van der Waals surface area contributed by atoms with Gasteiger partial charge in [0.1, 0.15) is 5.83 Å². The molecule has 3 aliphatic heterocycles. The highest BCUT2D eigenvalue weighted by atomic mass is 19.1. The summed E-state index contributed by atoms with van der Waals surface area (Å²) in [5.41, 5.74) is 6.18. The topological polar surface area (TPSA) is 51.0 Å². The van der Waals surface area contributed by atoms with Crippen LogP contribution < -0.4 is 5.73 Å². The molecule has 0 spiro atoms. The molecule has 3 heterocycles. The Hall–Kier alpha value is -1.15. The Labute approximate surface area is 125 Å². The van der Waals surface area contributed by atoms with Crippen molar-refractivity contribution in [3.8, 4) is 0 Å². The average Bonchev–Trinajstić information content (AvgIpc) is 2.74. The van der Waals surface area contributed by atoms with Gasteiger partial charge in [0.2, 0.25) is 0 Å². The molecule has 0 aliphatic carbocycles. The lowest BCUT2D eigenvalue weighted by molar-refractivity contribution is 0.00578. The number of hydrazine groups is 1. The number of likely N-dealkylation sites (N-methyl/N-ethyl adjacent to an activating group) is 1. The van der Waals surface area contributed by atoms with Gasteiger partial charge in [-0.05, 0) is 39.8 Å². The number of nitrogens with zero attached hydrogens (tertiary/aromatic N) is 2. The monoisotopic (exact) mass is 293 g/mol. The van der Waals surface area contributed by atoms with E-state index in [0.717, 1.165) is 5.70 Å². The van der Waals surface area contributed by atoms with E-state index in [1.54, 1.807) is 16.1 Å². The lowest BCUT2D eigenvalue weighted by Gasteiger charge is -2.32. The molecule has 5 nitrogen and oxygen atoms in total. The number of nitrogens with two attached hydrogens (primary N) is 1. The Bertz CT molecular complexity index is 555. The quantitative estimate of drug-likeness (QED) is 0.746. The smallest absolute Gasteiger partial charge is 0.399 e. The summed E-state index contributed by atoms with van der Waals surface area (Å²) in [7, 11) is 1.10. The molecule has 0 radical (unpaired) electrons. The molecule has 3 rings (SSSR count). The second-order valence-corrected chi connectivity index (χ2v) is 6.67. The summed E-state index contributed by atoms with van der Waals surface area (Å²) in [5, 5.41) is 3.45. The zero-order valence-corrected chi connectivity index (χ0v) is 13.1. The number of allylic oxidation sites excluding steroid dienone is 3. The van der Waals surface area contributed by atoms with Gasteiger partial charge in [-0.15, -0.1) is 0 Å². The maximum absolute atomic E-state index is 14.4. The molecule has 2 N–H and O–H groups in total. The van der Waals surface area contributed by atoms with Crippen molar-refractivity contribution >= 4 is 7.12 Å². The van der Waals surface area contributed by atoms with Crippen LogP contribution in [0.4, 0.5) is 4.39 Å². The van der Waals surface area contributed by atoms with E-state index >= 15 is 0 Å². The molecule has 0 bridgehead atoms. The highest BCUT2D eigenvalue weighted by molar-refractivity contribution is 6.56.